The molecule has 5 heteroatoms. The fourth-order valence-corrected chi connectivity index (χ4v) is 4.14. The third-order valence-electron chi connectivity index (χ3n) is 5.75. The molecule has 5 nitrogen and oxygen atoms in total. The maximum atomic E-state index is 12.3. The van der Waals surface area contributed by atoms with Gasteiger partial charge in [-0.05, 0) is 43.4 Å². The van der Waals surface area contributed by atoms with E-state index in [2.05, 4.69) is 26.1 Å². The van der Waals surface area contributed by atoms with Gasteiger partial charge in [0.15, 0.2) is 0 Å². The zero-order valence-corrected chi connectivity index (χ0v) is 15.5. The normalized spacial score (nSPS) is 28.9. The van der Waals surface area contributed by atoms with Gasteiger partial charge in [-0.1, -0.05) is 27.2 Å². The summed E-state index contributed by atoms with van der Waals surface area (Å²) in [4.78, 5) is 26.3. The molecule has 1 aliphatic carbocycles. The summed E-state index contributed by atoms with van der Waals surface area (Å²) in [7, 11) is 0. The Morgan fingerprint density at radius 2 is 1.79 bits per heavy atom. The van der Waals surface area contributed by atoms with Gasteiger partial charge < -0.3 is 15.3 Å². The van der Waals surface area contributed by atoms with E-state index in [4.69, 9.17) is 0 Å². The molecular formula is C19H34N2O3. The molecule has 3 unspecified atom stereocenters. The Balaban J connectivity index is 1.76. The van der Waals surface area contributed by atoms with Crippen molar-refractivity contribution in [2.45, 2.75) is 77.9 Å². The minimum absolute atomic E-state index is 0.00476. The SMILES string of the molecule is CC1CCC(C(C)C)C(NC(=O)CCC(=O)N2CCC(O)CC2)C1. The van der Waals surface area contributed by atoms with E-state index in [1.54, 1.807) is 4.90 Å². The van der Waals surface area contributed by atoms with Crippen molar-refractivity contribution in [2.24, 2.45) is 17.8 Å². The number of hydrogen-bond acceptors (Lipinski definition) is 3. The molecule has 24 heavy (non-hydrogen) atoms. The monoisotopic (exact) mass is 338 g/mol. The second-order valence-electron chi connectivity index (χ2n) is 8.11. The first-order valence-corrected chi connectivity index (χ1v) is 9.62. The van der Waals surface area contributed by atoms with Crippen LogP contribution in [0.1, 0.15) is 65.7 Å². The van der Waals surface area contributed by atoms with Gasteiger partial charge in [-0.25, -0.2) is 0 Å². The van der Waals surface area contributed by atoms with Crippen molar-refractivity contribution in [1.82, 2.24) is 10.2 Å². The predicted molar refractivity (Wildman–Crippen MR) is 94.3 cm³/mol. The van der Waals surface area contributed by atoms with E-state index in [1.165, 1.54) is 12.8 Å². The Morgan fingerprint density at radius 1 is 1.12 bits per heavy atom. The molecule has 0 spiro atoms. The fraction of sp³-hybridized carbons (Fsp3) is 0.895. The van der Waals surface area contributed by atoms with Crippen LogP contribution < -0.4 is 5.32 Å². The first-order valence-electron chi connectivity index (χ1n) is 9.62. The number of rotatable bonds is 5. The average molecular weight is 338 g/mol. The summed E-state index contributed by atoms with van der Waals surface area (Å²) in [6.45, 7) is 7.93. The maximum Gasteiger partial charge on any atom is 0.223 e. The van der Waals surface area contributed by atoms with E-state index in [0.29, 0.717) is 43.7 Å². The highest BCUT2D eigenvalue weighted by Gasteiger charge is 2.31. The fourth-order valence-electron chi connectivity index (χ4n) is 4.14. The van der Waals surface area contributed by atoms with Gasteiger partial charge in [0.25, 0.3) is 0 Å². The Bertz CT molecular complexity index is 430. The van der Waals surface area contributed by atoms with Crippen LogP contribution in [-0.4, -0.2) is 47.1 Å². The second-order valence-corrected chi connectivity index (χ2v) is 8.11. The molecule has 1 saturated carbocycles. The highest BCUT2D eigenvalue weighted by molar-refractivity contribution is 5.84. The summed E-state index contributed by atoms with van der Waals surface area (Å²) in [5.74, 6) is 1.82. The topological polar surface area (TPSA) is 69.6 Å². The quantitative estimate of drug-likeness (QED) is 0.808. The molecule has 0 aromatic heterocycles. The zero-order valence-electron chi connectivity index (χ0n) is 15.5. The number of aliphatic hydroxyl groups is 1. The lowest BCUT2D eigenvalue weighted by molar-refractivity contribution is -0.135. The Morgan fingerprint density at radius 3 is 2.42 bits per heavy atom. The third-order valence-corrected chi connectivity index (χ3v) is 5.75. The number of piperidine rings is 1. The number of aliphatic hydroxyl groups excluding tert-OH is 1. The van der Waals surface area contributed by atoms with Gasteiger partial charge in [0.2, 0.25) is 11.8 Å². The van der Waals surface area contributed by atoms with Crippen LogP contribution in [-0.2, 0) is 9.59 Å². The van der Waals surface area contributed by atoms with Crippen LogP contribution in [0.15, 0.2) is 0 Å². The second kappa shape index (κ2) is 8.84. The van der Waals surface area contributed by atoms with Crippen LogP contribution in [0.5, 0.6) is 0 Å². The van der Waals surface area contributed by atoms with E-state index < -0.39 is 0 Å². The number of nitrogens with zero attached hydrogens (tertiary/aromatic N) is 1. The van der Waals surface area contributed by atoms with Crippen molar-refractivity contribution >= 4 is 11.8 Å². The maximum absolute atomic E-state index is 12.3. The number of carbonyl (C=O) groups is 2. The molecule has 138 valence electrons. The number of hydrogen-bond donors (Lipinski definition) is 2. The lowest BCUT2D eigenvalue weighted by Crippen LogP contribution is -2.46. The largest absolute Gasteiger partial charge is 0.393 e. The molecule has 2 fully saturated rings. The number of amides is 2. The van der Waals surface area contributed by atoms with Gasteiger partial charge >= 0.3 is 0 Å². The first-order chi connectivity index (χ1) is 11.4. The average Bonchev–Trinajstić information content (AvgIpc) is 2.53. The highest BCUT2D eigenvalue weighted by atomic mass is 16.3. The standard InChI is InChI=1S/C19H34N2O3/c1-13(2)16-5-4-14(3)12-17(16)20-18(23)6-7-19(24)21-10-8-15(22)9-11-21/h13-17,22H,4-12H2,1-3H3,(H,20,23). The van der Waals surface area contributed by atoms with Gasteiger partial charge in [0.05, 0.1) is 6.10 Å². The molecule has 0 bridgehead atoms. The summed E-state index contributed by atoms with van der Waals surface area (Å²) in [5, 5.41) is 12.7. The van der Waals surface area contributed by atoms with Crippen LogP contribution in [0.4, 0.5) is 0 Å². The minimum atomic E-state index is -0.279. The number of carbonyl (C=O) groups excluding carboxylic acids is 2. The molecule has 1 aliphatic heterocycles. The number of nitrogens with one attached hydrogen (secondary N) is 1. The molecule has 3 atom stereocenters. The summed E-state index contributed by atoms with van der Waals surface area (Å²) in [6.07, 6.45) is 5.03. The Kier molecular flexibility index (Phi) is 7.08. The van der Waals surface area contributed by atoms with Gasteiger partial charge in [0, 0.05) is 32.0 Å². The van der Waals surface area contributed by atoms with Gasteiger partial charge in [0.1, 0.15) is 0 Å². The molecule has 0 aromatic carbocycles. The lowest BCUT2D eigenvalue weighted by atomic mass is 9.74. The van der Waals surface area contributed by atoms with E-state index in [1.807, 2.05) is 0 Å². The summed E-state index contributed by atoms with van der Waals surface area (Å²) >= 11 is 0. The van der Waals surface area contributed by atoms with Crippen LogP contribution in [0.3, 0.4) is 0 Å². The van der Waals surface area contributed by atoms with Gasteiger partial charge in [-0.3, -0.25) is 9.59 Å². The molecule has 2 aliphatic rings. The van der Waals surface area contributed by atoms with Crippen molar-refractivity contribution in [3.63, 3.8) is 0 Å². The molecule has 2 rings (SSSR count). The van der Waals surface area contributed by atoms with Crippen molar-refractivity contribution in [3.05, 3.63) is 0 Å². The molecule has 1 saturated heterocycles. The van der Waals surface area contributed by atoms with Crippen LogP contribution in [0.25, 0.3) is 0 Å². The smallest absolute Gasteiger partial charge is 0.223 e. The lowest BCUT2D eigenvalue weighted by Gasteiger charge is -2.37. The van der Waals surface area contributed by atoms with Crippen molar-refractivity contribution in [3.8, 4) is 0 Å². The summed E-state index contributed by atoms with van der Waals surface area (Å²) in [6, 6.07) is 0.251. The molecule has 0 radical (unpaired) electrons. The van der Waals surface area contributed by atoms with Gasteiger partial charge in [-0.2, -0.15) is 0 Å². The summed E-state index contributed by atoms with van der Waals surface area (Å²) in [5.41, 5.74) is 0. The predicted octanol–water partition coefficient (Wildman–Crippen LogP) is 2.33. The minimum Gasteiger partial charge on any atom is -0.393 e. The third kappa shape index (κ3) is 5.47. The van der Waals surface area contributed by atoms with Crippen LogP contribution >= 0.6 is 0 Å². The van der Waals surface area contributed by atoms with E-state index in [0.717, 1.165) is 6.42 Å². The molecule has 2 amide bonds. The first kappa shape index (κ1) is 19.2. The molecular weight excluding hydrogens is 304 g/mol. The van der Waals surface area contributed by atoms with Crippen LogP contribution in [0.2, 0.25) is 0 Å². The highest BCUT2D eigenvalue weighted by Crippen LogP contribution is 2.33. The Hall–Kier alpha value is -1.10. The number of likely N-dealkylation sites (tertiary alicyclic amines) is 1. The molecule has 0 aromatic rings. The van der Waals surface area contributed by atoms with Crippen molar-refractivity contribution < 1.29 is 14.7 Å². The van der Waals surface area contributed by atoms with Crippen LogP contribution in [0, 0.1) is 17.8 Å². The van der Waals surface area contributed by atoms with Gasteiger partial charge in [-0.15, -0.1) is 0 Å². The summed E-state index contributed by atoms with van der Waals surface area (Å²) < 4.78 is 0. The van der Waals surface area contributed by atoms with Crippen molar-refractivity contribution in [1.29, 1.82) is 0 Å². The van der Waals surface area contributed by atoms with E-state index in [9.17, 15) is 14.7 Å². The Labute approximate surface area is 146 Å². The zero-order chi connectivity index (χ0) is 17.7. The molecule has 1 heterocycles. The van der Waals surface area contributed by atoms with E-state index >= 15 is 0 Å². The molecule has 2 N–H and O–H groups in total. The van der Waals surface area contributed by atoms with E-state index in [-0.39, 0.29) is 36.8 Å². The van der Waals surface area contributed by atoms with Crippen molar-refractivity contribution in [2.75, 3.05) is 13.1 Å².